The first-order valence-electron chi connectivity index (χ1n) is 10.2. The highest BCUT2D eigenvalue weighted by molar-refractivity contribution is 5.85. The van der Waals surface area contributed by atoms with Gasteiger partial charge in [0.05, 0.1) is 0 Å². The van der Waals surface area contributed by atoms with E-state index in [0.29, 0.717) is 24.2 Å². The molecule has 2 aromatic carbocycles. The van der Waals surface area contributed by atoms with Crippen molar-refractivity contribution in [1.82, 2.24) is 14.9 Å². The summed E-state index contributed by atoms with van der Waals surface area (Å²) in [6.45, 7) is 5.57. The largest absolute Gasteiger partial charge is 0.476 e. The zero-order valence-corrected chi connectivity index (χ0v) is 17.9. The number of rotatable bonds is 6. The summed E-state index contributed by atoms with van der Waals surface area (Å²) < 4.78 is 19.1. The van der Waals surface area contributed by atoms with Crippen molar-refractivity contribution in [3.63, 3.8) is 0 Å². The Bertz CT molecular complexity index is 929. The van der Waals surface area contributed by atoms with Gasteiger partial charge in [-0.05, 0) is 68.6 Å². The first kappa shape index (κ1) is 22.2. The van der Waals surface area contributed by atoms with Crippen LogP contribution in [0, 0.1) is 12.7 Å². The number of aromatic nitrogens is 2. The number of hydrogen-bond acceptors (Lipinski definition) is 4. The van der Waals surface area contributed by atoms with Crippen molar-refractivity contribution in [2.24, 2.45) is 0 Å². The third-order valence-corrected chi connectivity index (χ3v) is 5.45. The van der Waals surface area contributed by atoms with E-state index in [-0.39, 0.29) is 18.2 Å². The van der Waals surface area contributed by atoms with Crippen LogP contribution in [0.2, 0.25) is 0 Å². The summed E-state index contributed by atoms with van der Waals surface area (Å²) in [7, 11) is 0. The molecule has 1 aliphatic rings. The van der Waals surface area contributed by atoms with Crippen LogP contribution < -0.4 is 4.74 Å². The summed E-state index contributed by atoms with van der Waals surface area (Å²) >= 11 is 0. The van der Waals surface area contributed by atoms with Crippen molar-refractivity contribution in [2.75, 3.05) is 26.2 Å². The van der Waals surface area contributed by atoms with Crippen LogP contribution in [0.4, 0.5) is 4.39 Å². The third-order valence-electron chi connectivity index (χ3n) is 5.45. The lowest BCUT2D eigenvalue weighted by Gasteiger charge is -2.32. The van der Waals surface area contributed by atoms with Gasteiger partial charge in [0.1, 0.15) is 12.4 Å². The maximum atomic E-state index is 13.2. The summed E-state index contributed by atoms with van der Waals surface area (Å²) in [4.78, 5) is 11.4. The van der Waals surface area contributed by atoms with Crippen molar-refractivity contribution >= 4 is 12.4 Å². The van der Waals surface area contributed by atoms with Gasteiger partial charge >= 0.3 is 0 Å². The Balaban J connectivity index is 0.00000256. The molecular weight excluding hydrogens is 401 g/mol. The minimum atomic E-state index is -0.270. The standard InChI is InChI=1S/C24H26FN3O.ClH/c1-18-17-23(27-24(26-18)21-7-9-22(25)10-8-21)29-16-15-28-13-11-20(12-14-28)19-5-3-2-4-6-19;/h2-10,17,20H,11-16H2,1H3;1H. The lowest BCUT2D eigenvalue weighted by atomic mass is 9.89. The molecule has 0 amide bonds. The summed E-state index contributed by atoms with van der Waals surface area (Å²) in [6.07, 6.45) is 2.37. The van der Waals surface area contributed by atoms with E-state index in [1.54, 1.807) is 12.1 Å². The molecule has 1 aromatic heterocycles. The first-order valence-corrected chi connectivity index (χ1v) is 10.2. The summed E-state index contributed by atoms with van der Waals surface area (Å²) in [5.74, 6) is 1.52. The molecule has 4 nitrogen and oxygen atoms in total. The van der Waals surface area contributed by atoms with Crippen molar-refractivity contribution < 1.29 is 9.13 Å². The highest BCUT2D eigenvalue weighted by Gasteiger charge is 2.20. The SMILES string of the molecule is Cc1cc(OCCN2CCC(c3ccccc3)CC2)nc(-c2ccc(F)cc2)n1.Cl. The van der Waals surface area contributed by atoms with Gasteiger partial charge in [-0.3, -0.25) is 4.90 Å². The second-order valence-corrected chi connectivity index (χ2v) is 7.55. The Morgan fingerprint density at radius 1 is 1.00 bits per heavy atom. The fourth-order valence-electron chi connectivity index (χ4n) is 3.84. The van der Waals surface area contributed by atoms with E-state index in [0.717, 1.165) is 30.9 Å². The molecule has 0 N–H and O–H groups in total. The second-order valence-electron chi connectivity index (χ2n) is 7.55. The van der Waals surface area contributed by atoms with Crippen LogP contribution in [-0.2, 0) is 0 Å². The summed E-state index contributed by atoms with van der Waals surface area (Å²) in [6, 6.07) is 18.8. The van der Waals surface area contributed by atoms with Gasteiger partial charge in [0, 0.05) is 23.9 Å². The van der Waals surface area contributed by atoms with E-state index in [9.17, 15) is 4.39 Å². The predicted molar refractivity (Wildman–Crippen MR) is 120 cm³/mol. The average Bonchev–Trinajstić information content (AvgIpc) is 2.75. The van der Waals surface area contributed by atoms with Gasteiger partial charge in [0.15, 0.2) is 5.82 Å². The molecule has 1 aliphatic heterocycles. The Morgan fingerprint density at radius 3 is 2.40 bits per heavy atom. The minimum absolute atomic E-state index is 0. The molecule has 1 saturated heterocycles. The van der Waals surface area contributed by atoms with Crippen LogP contribution >= 0.6 is 12.4 Å². The monoisotopic (exact) mass is 427 g/mol. The van der Waals surface area contributed by atoms with Crippen LogP contribution in [0.25, 0.3) is 11.4 Å². The molecule has 0 saturated carbocycles. The van der Waals surface area contributed by atoms with Gasteiger partial charge in [-0.15, -0.1) is 12.4 Å². The molecule has 3 aromatic rings. The number of benzene rings is 2. The topological polar surface area (TPSA) is 38.2 Å². The molecule has 6 heteroatoms. The fourth-order valence-corrected chi connectivity index (χ4v) is 3.84. The van der Waals surface area contributed by atoms with Crippen molar-refractivity contribution in [3.05, 3.63) is 77.7 Å². The van der Waals surface area contributed by atoms with E-state index in [2.05, 4.69) is 45.2 Å². The molecule has 0 unspecified atom stereocenters. The molecule has 0 radical (unpaired) electrons. The molecular formula is C24H27ClFN3O. The van der Waals surface area contributed by atoms with Gasteiger partial charge in [0.2, 0.25) is 5.88 Å². The van der Waals surface area contributed by atoms with E-state index in [1.165, 1.54) is 30.5 Å². The Labute approximate surface area is 183 Å². The van der Waals surface area contributed by atoms with Gasteiger partial charge < -0.3 is 4.74 Å². The summed E-state index contributed by atoms with van der Waals surface area (Å²) in [5.41, 5.74) is 3.06. The maximum Gasteiger partial charge on any atom is 0.217 e. The molecule has 158 valence electrons. The van der Waals surface area contributed by atoms with Crippen molar-refractivity contribution in [2.45, 2.75) is 25.7 Å². The highest BCUT2D eigenvalue weighted by atomic mass is 35.5. The number of likely N-dealkylation sites (tertiary alicyclic amines) is 1. The predicted octanol–water partition coefficient (Wildman–Crippen LogP) is 5.27. The van der Waals surface area contributed by atoms with Crippen LogP contribution in [-0.4, -0.2) is 41.1 Å². The Hall–Kier alpha value is -2.50. The zero-order valence-electron chi connectivity index (χ0n) is 17.1. The normalized spacial score (nSPS) is 14.9. The molecule has 0 aliphatic carbocycles. The smallest absolute Gasteiger partial charge is 0.217 e. The third kappa shape index (κ3) is 5.77. The average molecular weight is 428 g/mol. The minimum Gasteiger partial charge on any atom is -0.476 e. The van der Waals surface area contributed by atoms with Crippen LogP contribution in [0.5, 0.6) is 5.88 Å². The second kappa shape index (κ2) is 10.5. The van der Waals surface area contributed by atoms with Gasteiger partial charge in [-0.2, -0.15) is 4.98 Å². The molecule has 30 heavy (non-hydrogen) atoms. The quantitative estimate of drug-likeness (QED) is 0.537. The van der Waals surface area contributed by atoms with Crippen molar-refractivity contribution in [3.8, 4) is 17.3 Å². The number of halogens is 2. The van der Waals surface area contributed by atoms with E-state index < -0.39 is 0 Å². The molecule has 4 rings (SSSR count). The fraction of sp³-hybridized carbons (Fsp3) is 0.333. The van der Waals surface area contributed by atoms with Crippen molar-refractivity contribution in [1.29, 1.82) is 0 Å². The number of piperidine rings is 1. The molecule has 0 spiro atoms. The molecule has 1 fully saturated rings. The Kier molecular flexibility index (Phi) is 7.77. The molecule has 2 heterocycles. The lowest BCUT2D eigenvalue weighted by molar-refractivity contribution is 0.171. The number of ether oxygens (including phenoxy) is 1. The molecule has 0 atom stereocenters. The lowest BCUT2D eigenvalue weighted by Crippen LogP contribution is -2.35. The maximum absolute atomic E-state index is 13.2. The van der Waals surface area contributed by atoms with Gasteiger partial charge in [-0.25, -0.2) is 9.37 Å². The number of hydrogen-bond donors (Lipinski definition) is 0. The van der Waals surface area contributed by atoms with Gasteiger partial charge in [0.25, 0.3) is 0 Å². The first-order chi connectivity index (χ1) is 14.2. The van der Waals surface area contributed by atoms with Crippen LogP contribution in [0.3, 0.4) is 0 Å². The van der Waals surface area contributed by atoms with Crippen LogP contribution in [0.1, 0.15) is 30.0 Å². The van der Waals surface area contributed by atoms with E-state index >= 15 is 0 Å². The zero-order chi connectivity index (χ0) is 20.1. The van der Waals surface area contributed by atoms with E-state index in [4.69, 9.17) is 4.74 Å². The number of nitrogens with zero attached hydrogens (tertiary/aromatic N) is 3. The van der Waals surface area contributed by atoms with E-state index in [1.807, 2.05) is 13.0 Å². The van der Waals surface area contributed by atoms with Gasteiger partial charge in [-0.1, -0.05) is 30.3 Å². The number of aryl methyl sites for hydroxylation is 1. The van der Waals surface area contributed by atoms with Crippen LogP contribution in [0.15, 0.2) is 60.7 Å². The molecule has 0 bridgehead atoms. The summed E-state index contributed by atoms with van der Waals surface area (Å²) in [5, 5.41) is 0. The Morgan fingerprint density at radius 2 is 1.70 bits per heavy atom. The highest BCUT2D eigenvalue weighted by Crippen LogP contribution is 2.27.